The molecule has 0 saturated heterocycles. The van der Waals surface area contributed by atoms with E-state index >= 15 is 0 Å². The predicted molar refractivity (Wildman–Crippen MR) is 70.4 cm³/mol. The predicted octanol–water partition coefficient (Wildman–Crippen LogP) is 3.84. The number of benzene rings is 1. The normalized spacial score (nSPS) is 15.2. The summed E-state index contributed by atoms with van der Waals surface area (Å²) < 4.78 is 0. The van der Waals surface area contributed by atoms with Gasteiger partial charge in [-0.3, -0.25) is 5.10 Å². The van der Waals surface area contributed by atoms with Gasteiger partial charge >= 0.3 is 0 Å². The first-order valence-electron chi connectivity index (χ1n) is 5.46. The molecule has 1 fully saturated rings. The van der Waals surface area contributed by atoms with Crippen LogP contribution >= 0.6 is 23.2 Å². The maximum Gasteiger partial charge on any atom is 0.153 e. The Morgan fingerprint density at radius 2 is 2.06 bits per heavy atom. The molecule has 1 aromatic heterocycles. The highest BCUT2D eigenvalue weighted by atomic mass is 35.5. The van der Waals surface area contributed by atoms with E-state index in [2.05, 4.69) is 10.2 Å². The average Bonchev–Trinajstić information content (AvgIpc) is 3.04. The van der Waals surface area contributed by atoms with E-state index in [0.717, 1.165) is 16.8 Å². The van der Waals surface area contributed by atoms with Crippen LogP contribution in [0.4, 0.5) is 5.82 Å². The number of halogens is 2. The Balaban J connectivity index is 2.16. The third-order valence-corrected chi connectivity index (χ3v) is 3.56. The number of nitrogens with zero attached hydrogens (tertiary/aromatic N) is 1. The van der Waals surface area contributed by atoms with Crippen molar-refractivity contribution in [2.45, 2.75) is 18.8 Å². The molecule has 88 valence electrons. The molecule has 0 amide bonds. The molecular weight excluding hydrogens is 257 g/mol. The van der Waals surface area contributed by atoms with Gasteiger partial charge in [0, 0.05) is 27.8 Å². The highest BCUT2D eigenvalue weighted by Gasteiger charge is 2.30. The zero-order valence-corrected chi connectivity index (χ0v) is 10.5. The van der Waals surface area contributed by atoms with E-state index in [1.54, 1.807) is 6.07 Å². The Hall–Kier alpha value is -1.19. The zero-order chi connectivity index (χ0) is 12.0. The van der Waals surface area contributed by atoms with Crippen molar-refractivity contribution >= 4 is 29.0 Å². The van der Waals surface area contributed by atoms with Crippen LogP contribution in [0.2, 0.25) is 10.0 Å². The molecule has 0 radical (unpaired) electrons. The number of H-pyrrole nitrogens is 1. The largest absolute Gasteiger partial charge is 0.382 e. The molecule has 0 bridgehead atoms. The summed E-state index contributed by atoms with van der Waals surface area (Å²) >= 11 is 12.1. The highest BCUT2D eigenvalue weighted by Crippen LogP contribution is 2.46. The summed E-state index contributed by atoms with van der Waals surface area (Å²) in [6.07, 6.45) is 2.36. The number of anilines is 1. The van der Waals surface area contributed by atoms with Gasteiger partial charge in [0.25, 0.3) is 0 Å². The van der Waals surface area contributed by atoms with Gasteiger partial charge in [0.15, 0.2) is 5.82 Å². The van der Waals surface area contributed by atoms with Crippen molar-refractivity contribution in [3.8, 4) is 11.1 Å². The van der Waals surface area contributed by atoms with Crippen LogP contribution in [-0.4, -0.2) is 10.2 Å². The molecule has 1 aromatic carbocycles. The van der Waals surface area contributed by atoms with Gasteiger partial charge < -0.3 is 5.73 Å². The minimum absolute atomic E-state index is 0.496. The summed E-state index contributed by atoms with van der Waals surface area (Å²) in [5, 5.41) is 8.31. The molecule has 0 unspecified atom stereocenters. The van der Waals surface area contributed by atoms with Crippen LogP contribution in [0.25, 0.3) is 11.1 Å². The highest BCUT2D eigenvalue weighted by molar-refractivity contribution is 6.36. The van der Waals surface area contributed by atoms with Crippen molar-refractivity contribution in [3.63, 3.8) is 0 Å². The lowest BCUT2D eigenvalue weighted by atomic mass is 10.0. The Morgan fingerprint density at radius 3 is 2.71 bits per heavy atom. The first-order chi connectivity index (χ1) is 8.16. The number of aromatic amines is 1. The van der Waals surface area contributed by atoms with Gasteiger partial charge in [-0.15, -0.1) is 0 Å². The fraction of sp³-hybridized carbons (Fsp3) is 0.250. The first-order valence-corrected chi connectivity index (χ1v) is 6.21. The monoisotopic (exact) mass is 267 g/mol. The Kier molecular flexibility index (Phi) is 2.53. The molecule has 17 heavy (non-hydrogen) atoms. The number of rotatable bonds is 2. The lowest BCUT2D eigenvalue weighted by molar-refractivity contribution is 0.969. The van der Waals surface area contributed by atoms with Crippen LogP contribution in [-0.2, 0) is 0 Å². The molecule has 3 rings (SSSR count). The summed E-state index contributed by atoms with van der Waals surface area (Å²) in [4.78, 5) is 0. The molecule has 0 aliphatic heterocycles. The van der Waals surface area contributed by atoms with Crippen LogP contribution in [0.3, 0.4) is 0 Å². The van der Waals surface area contributed by atoms with E-state index in [1.165, 1.54) is 12.8 Å². The van der Waals surface area contributed by atoms with Crippen LogP contribution < -0.4 is 5.73 Å². The topological polar surface area (TPSA) is 54.7 Å². The van der Waals surface area contributed by atoms with E-state index < -0.39 is 0 Å². The maximum absolute atomic E-state index is 6.21. The number of hydrogen-bond acceptors (Lipinski definition) is 2. The zero-order valence-electron chi connectivity index (χ0n) is 9.00. The third-order valence-electron chi connectivity index (χ3n) is 3.01. The van der Waals surface area contributed by atoms with Gasteiger partial charge in [0.05, 0.1) is 5.02 Å². The first kappa shape index (κ1) is 10.9. The van der Waals surface area contributed by atoms with Crippen molar-refractivity contribution in [2.75, 3.05) is 5.73 Å². The molecular formula is C12H11Cl2N3. The lowest BCUT2D eigenvalue weighted by Gasteiger charge is -2.06. The smallest absolute Gasteiger partial charge is 0.153 e. The standard InChI is InChI=1S/C12H11Cl2N3/c13-7-3-4-8(9(14)5-7)10-11(6-1-2-6)16-17-12(10)15/h3-6H,1-2H2,(H3,15,16,17). The van der Waals surface area contributed by atoms with Crippen LogP contribution in [0, 0.1) is 0 Å². The van der Waals surface area contributed by atoms with Gasteiger partial charge in [0.1, 0.15) is 0 Å². The van der Waals surface area contributed by atoms with Gasteiger partial charge in [-0.25, -0.2) is 0 Å². The fourth-order valence-electron chi connectivity index (χ4n) is 2.01. The lowest BCUT2D eigenvalue weighted by Crippen LogP contribution is -1.90. The second-order valence-corrected chi connectivity index (χ2v) is 5.14. The Morgan fingerprint density at radius 1 is 1.29 bits per heavy atom. The summed E-state index contributed by atoms with van der Waals surface area (Å²) in [6.45, 7) is 0. The number of hydrogen-bond donors (Lipinski definition) is 2. The second kappa shape index (κ2) is 3.93. The van der Waals surface area contributed by atoms with Gasteiger partial charge in [0.2, 0.25) is 0 Å². The number of nitrogens with one attached hydrogen (secondary N) is 1. The van der Waals surface area contributed by atoms with Gasteiger partial charge in [-0.05, 0) is 25.0 Å². The fourth-order valence-corrected chi connectivity index (χ4v) is 2.52. The number of nitrogens with two attached hydrogens (primary N) is 1. The molecule has 1 aliphatic rings. The summed E-state index contributed by atoms with van der Waals surface area (Å²) in [5.41, 5.74) is 8.82. The molecule has 5 heteroatoms. The molecule has 0 spiro atoms. The van der Waals surface area contributed by atoms with Gasteiger partial charge in [-0.1, -0.05) is 29.3 Å². The molecule has 0 atom stereocenters. The number of nitrogen functional groups attached to an aromatic ring is 1. The van der Waals surface area contributed by atoms with Crippen LogP contribution in [0.1, 0.15) is 24.5 Å². The second-order valence-electron chi connectivity index (χ2n) is 4.30. The van der Waals surface area contributed by atoms with Crippen molar-refractivity contribution in [3.05, 3.63) is 33.9 Å². The molecule has 1 saturated carbocycles. The maximum atomic E-state index is 6.21. The summed E-state index contributed by atoms with van der Waals surface area (Å²) in [7, 11) is 0. The van der Waals surface area contributed by atoms with Crippen LogP contribution in [0.15, 0.2) is 18.2 Å². The SMILES string of the molecule is Nc1n[nH]c(C2CC2)c1-c1ccc(Cl)cc1Cl. The molecule has 1 heterocycles. The average molecular weight is 268 g/mol. The quantitative estimate of drug-likeness (QED) is 0.869. The van der Waals surface area contributed by atoms with Gasteiger partial charge in [-0.2, -0.15) is 5.10 Å². The van der Waals surface area contributed by atoms with E-state index in [1.807, 2.05) is 12.1 Å². The van der Waals surface area contributed by atoms with E-state index in [0.29, 0.717) is 21.8 Å². The molecule has 3 nitrogen and oxygen atoms in total. The minimum atomic E-state index is 0.496. The molecule has 3 N–H and O–H groups in total. The minimum Gasteiger partial charge on any atom is -0.382 e. The Labute approximate surface area is 109 Å². The van der Waals surface area contributed by atoms with Crippen molar-refractivity contribution in [1.29, 1.82) is 0 Å². The van der Waals surface area contributed by atoms with Crippen molar-refractivity contribution in [2.24, 2.45) is 0 Å². The van der Waals surface area contributed by atoms with Crippen LogP contribution in [0.5, 0.6) is 0 Å². The Bertz CT molecular complexity index is 573. The molecule has 1 aliphatic carbocycles. The van der Waals surface area contributed by atoms with E-state index in [-0.39, 0.29) is 0 Å². The summed E-state index contributed by atoms with van der Waals surface area (Å²) in [5.74, 6) is 1.04. The van der Waals surface area contributed by atoms with E-state index in [4.69, 9.17) is 28.9 Å². The van der Waals surface area contributed by atoms with Crippen molar-refractivity contribution in [1.82, 2.24) is 10.2 Å². The summed E-state index contributed by atoms with van der Waals surface area (Å²) in [6, 6.07) is 5.42. The molecule has 2 aromatic rings. The van der Waals surface area contributed by atoms with E-state index in [9.17, 15) is 0 Å². The van der Waals surface area contributed by atoms with Crippen molar-refractivity contribution < 1.29 is 0 Å². The number of aromatic nitrogens is 2. The third kappa shape index (κ3) is 1.90.